The number of benzene rings is 1. The van der Waals surface area contributed by atoms with E-state index in [2.05, 4.69) is 5.32 Å². The van der Waals surface area contributed by atoms with Crippen LogP contribution in [0, 0.1) is 0 Å². The molecule has 1 fully saturated rings. The molecule has 7 heteroatoms. The number of nitrogens with one attached hydrogen (secondary N) is 1. The Labute approximate surface area is 135 Å². The Bertz CT molecular complexity index is 787. The Balaban J connectivity index is 1.87. The molecule has 124 valence electrons. The van der Waals surface area contributed by atoms with E-state index in [9.17, 15) is 18.0 Å². The van der Waals surface area contributed by atoms with Gasteiger partial charge in [0.1, 0.15) is 15.4 Å². The first-order valence-corrected chi connectivity index (χ1v) is 9.71. The van der Waals surface area contributed by atoms with Gasteiger partial charge in [0.2, 0.25) is 0 Å². The van der Waals surface area contributed by atoms with Gasteiger partial charge in [-0.2, -0.15) is 0 Å². The Kier molecular flexibility index (Phi) is 3.71. The highest BCUT2D eigenvalue weighted by Crippen LogP contribution is 2.32. The van der Waals surface area contributed by atoms with Crippen molar-refractivity contribution in [2.45, 2.75) is 31.7 Å². The van der Waals surface area contributed by atoms with Crippen molar-refractivity contribution in [3.8, 4) is 0 Å². The monoisotopic (exact) mass is 336 g/mol. The molecule has 6 nitrogen and oxygen atoms in total. The highest BCUT2D eigenvalue weighted by Gasteiger charge is 2.49. The number of aryl methyl sites for hydroxylation is 2. The van der Waals surface area contributed by atoms with Crippen LogP contribution in [0.4, 0.5) is 4.79 Å². The zero-order valence-electron chi connectivity index (χ0n) is 13.3. The molecule has 2 aliphatic rings. The van der Waals surface area contributed by atoms with Crippen molar-refractivity contribution in [2.75, 3.05) is 18.6 Å². The lowest BCUT2D eigenvalue weighted by Gasteiger charge is -2.23. The normalized spacial score (nSPS) is 24.0. The summed E-state index contributed by atoms with van der Waals surface area (Å²) in [7, 11) is -3.24. The third kappa shape index (κ3) is 2.85. The van der Waals surface area contributed by atoms with Crippen LogP contribution >= 0.6 is 0 Å². The summed E-state index contributed by atoms with van der Waals surface area (Å²) in [6.07, 6.45) is 4.23. The van der Waals surface area contributed by atoms with Gasteiger partial charge in [0.15, 0.2) is 0 Å². The lowest BCUT2D eigenvalue weighted by Crippen LogP contribution is -2.41. The molecule has 3 amide bonds. The number of amides is 3. The Morgan fingerprint density at radius 2 is 1.91 bits per heavy atom. The van der Waals surface area contributed by atoms with Gasteiger partial charge in [-0.1, -0.05) is 18.2 Å². The smallest absolute Gasteiger partial charge is 0.319 e. The fourth-order valence-corrected chi connectivity index (χ4v) is 3.75. The van der Waals surface area contributed by atoms with Crippen LogP contribution in [0.15, 0.2) is 18.2 Å². The first-order chi connectivity index (χ1) is 10.7. The van der Waals surface area contributed by atoms with Crippen LogP contribution in [0.2, 0.25) is 0 Å². The molecule has 0 radical (unpaired) electrons. The van der Waals surface area contributed by atoms with Gasteiger partial charge in [0, 0.05) is 12.8 Å². The minimum absolute atomic E-state index is 0.121. The van der Waals surface area contributed by atoms with Crippen molar-refractivity contribution in [1.29, 1.82) is 0 Å². The number of nitrogens with zero attached hydrogens (tertiary/aromatic N) is 1. The van der Waals surface area contributed by atoms with Gasteiger partial charge in [0.05, 0.1) is 5.75 Å². The number of hydrogen-bond acceptors (Lipinski definition) is 4. The average Bonchev–Trinajstić information content (AvgIpc) is 3.00. The molecule has 0 bridgehead atoms. The van der Waals surface area contributed by atoms with Gasteiger partial charge < -0.3 is 5.32 Å². The van der Waals surface area contributed by atoms with Crippen molar-refractivity contribution in [1.82, 2.24) is 10.2 Å². The molecule has 1 N–H and O–H groups in total. The van der Waals surface area contributed by atoms with Gasteiger partial charge in [0.25, 0.3) is 5.91 Å². The van der Waals surface area contributed by atoms with Gasteiger partial charge >= 0.3 is 6.03 Å². The first-order valence-electron chi connectivity index (χ1n) is 7.65. The molecule has 3 rings (SSSR count). The molecule has 0 saturated carbocycles. The fraction of sp³-hybridized carbons (Fsp3) is 0.500. The molecular weight excluding hydrogens is 316 g/mol. The summed E-state index contributed by atoms with van der Waals surface area (Å²) < 4.78 is 22.6. The lowest BCUT2D eigenvalue weighted by molar-refractivity contribution is -0.130. The van der Waals surface area contributed by atoms with E-state index in [0.717, 1.165) is 36.0 Å². The zero-order chi connectivity index (χ0) is 16.8. The Morgan fingerprint density at radius 3 is 2.61 bits per heavy atom. The van der Waals surface area contributed by atoms with Gasteiger partial charge in [-0.3, -0.25) is 9.69 Å². The van der Waals surface area contributed by atoms with Crippen LogP contribution in [0.25, 0.3) is 0 Å². The molecule has 1 aliphatic heterocycles. The molecule has 1 heterocycles. The molecule has 1 aliphatic carbocycles. The third-order valence-electron chi connectivity index (χ3n) is 4.64. The molecule has 1 saturated heterocycles. The molecule has 0 unspecified atom stereocenters. The first kappa shape index (κ1) is 16.0. The SMILES string of the molecule is C[C@]1(c2ccc3c(c2)CCC3)NC(=O)N(CCS(C)(=O)=O)C1=O. The number of sulfone groups is 1. The maximum atomic E-state index is 12.7. The van der Waals surface area contributed by atoms with Crippen molar-refractivity contribution in [3.05, 3.63) is 34.9 Å². The fourth-order valence-electron chi connectivity index (χ4n) is 3.24. The van der Waals surface area contributed by atoms with Gasteiger partial charge in [-0.05, 0) is 42.9 Å². The van der Waals surface area contributed by atoms with E-state index in [-0.39, 0.29) is 12.3 Å². The molecule has 1 aromatic rings. The number of imide groups is 1. The molecular formula is C16H20N2O4S. The van der Waals surface area contributed by atoms with E-state index in [0.29, 0.717) is 0 Å². The van der Waals surface area contributed by atoms with E-state index >= 15 is 0 Å². The minimum Gasteiger partial charge on any atom is -0.319 e. The Morgan fingerprint density at radius 1 is 1.22 bits per heavy atom. The maximum absolute atomic E-state index is 12.7. The maximum Gasteiger partial charge on any atom is 0.325 e. The number of hydrogen-bond donors (Lipinski definition) is 1. The molecule has 23 heavy (non-hydrogen) atoms. The lowest BCUT2D eigenvalue weighted by atomic mass is 9.90. The van der Waals surface area contributed by atoms with Crippen molar-refractivity contribution >= 4 is 21.8 Å². The van der Waals surface area contributed by atoms with Crippen molar-refractivity contribution in [3.63, 3.8) is 0 Å². The predicted octanol–water partition coefficient (Wildman–Crippen LogP) is 0.987. The summed E-state index contributed by atoms with van der Waals surface area (Å²) >= 11 is 0. The van der Waals surface area contributed by atoms with E-state index in [1.807, 2.05) is 18.2 Å². The summed E-state index contributed by atoms with van der Waals surface area (Å²) in [5, 5.41) is 2.72. The van der Waals surface area contributed by atoms with Gasteiger partial charge in [-0.25, -0.2) is 13.2 Å². The van der Waals surface area contributed by atoms with Crippen molar-refractivity contribution < 1.29 is 18.0 Å². The van der Waals surface area contributed by atoms with E-state index in [1.165, 1.54) is 11.1 Å². The average molecular weight is 336 g/mol. The summed E-state index contributed by atoms with van der Waals surface area (Å²) in [5.41, 5.74) is 2.13. The van der Waals surface area contributed by atoms with Crippen LogP contribution in [0.5, 0.6) is 0 Å². The summed E-state index contributed by atoms with van der Waals surface area (Å²) in [5.74, 6) is -0.629. The quantitative estimate of drug-likeness (QED) is 0.831. The topological polar surface area (TPSA) is 83.6 Å². The van der Waals surface area contributed by atoms with Crippen LogP contribution < -0.4 is 5.32 Å². The molecule has 0 aromatic heterocycles. The highest BCUT2D eigenvalue weighted by atomic mass is 32.2. The summed E-state index contributed by atoms with van der Waals surface area (Å²) in [6.45, 7) is 1.55. The van der Waals surface area contributed by atoms with Crippen LogP contribution in [0.1, 0.15) is 30.0 Å². The number of carbonyl (C=O) groups excluding carboxylic acids is 2. The molecule has 1 aromatic carbocycles. The number of fused-ring (bicyclic) bond motifs is 1. The van der Waals surface area contributed by atoms with Gasteiger partial charge in [-0.15, -0.1) is 0 Å². The predicted molar refractivity (Wildman–Crippen MR) is 85.8 cm³/mol. The largest absolute Gasteiger partial charge is 0.325 e. The third-order valence-corrected chi connectivity index (χ3v) is 5.56. The number of carbonyl (C=O) groups is 2. The highest BCUT2D eigenvalue weighted by molar-refractivity contribution is 7.90. The standard InChI is InChI=1S/C16H20N2O4S/c1-16(13-7-6-11-4-3-5-12(11)10-13)14(19)18(15(20)17-16)8-9-23(2,21)22/h6-7,10H,3-5,8-9H2,1-2H3,(H,17,20)/t16-/m1/s1. The van der Waals surface area contributed by atoms with E-state index in [1.54, 1.807) is 6.92 Å². The van der Waals surface area contributed by atoms with Crippen LogP contribution in [0.3, 0.4) is 0 Å². The minimum atomic E-state index is -3.24. The second kappa shape index (κ2) is 5.33. The second-order valence-electron chi connectivity index (χ2n) is 6.48. The van der Waals surface area contributed by atoms with E-state index in [4.69, 9.17) is 0 Å². The zero-order valence-corrected chi connectivity index (χ0v) is 14.1. The van der Waals surface area contributed by atoms with E-state index < -0.39 is 27.3 Å². The summed E-state index contributed by atoms with van der Waals surface area (Å²) in [4.78, 5) is 25.8. The second-order valence-corrected chi connectivity index (χ2v) is 8.74. The number of urea groups is 1. The summed E-state index contributed by atoms with van der Waals surface area (Å²) in [6, 6.07) is 5.34. The molecule has 1 atom stereocenters. The number of rotatable bonds is 4. The van der Waals surface area contributed by atoms with Crippen LogP contribution in [-0.4, -0.2) is 43.8 Å². The Hall–Kier alpha value is -1.89. The molecule has 0 spiro atoms. The van der Waals surface area contributed by atoms with Crippen molar-refractivity contribution in [2.24, 2.45) is 0 Å². The van der Waals surface area contributed by atoms with Crippen LogP contribution in [-0.2, 0) is 33.0 Å².